The van der Waals surface area contributed by atoms with Crippen LogP contribution in [0.3, 0.4) is 0 Å². The third-order valence-electron chi connectivity index (χ3n) is 2.94. The molecule has 1 aliphatic carbocycles. The van der Waals surface area contributed by atoms with Crippen LogP contribution in [0.4, 0.5) is 0 Å². The van der Waals surface area contributed by atoms with E-state index in [0.29, 0.717) is 0 Å². The molecule has 0 amide bonds. The topological polar surface area (TPSA) is 43.3 Å². The lowest BCUT2D eigenvalue weighted by atomic mass is 10.1. The second-order valence-electron chi connectivity index (χ2n) is 4.22. The van der Waals surface area contributed by atoms with E-state index in [2.05, 4.69) is 17.1 Å². The molecule has 0 aliphatic heterocycles. The average Bonchev–Trinajstić information content (AvgIpc) is 2.79. The Morgan fingerprint density at radius 3 is 3.00 bits per heavy atom. The smallest absolute Gasteiger partial charge is 0.137 e. The monoisotopic (exact) mass is 187 g/mol. The molecule has 0 unspecified atom stereocenters. The van der Waals surface area contributed by atoms with Crippen molar-refractivity contribution < 1.29 is 0 Å². The quantitative estimate of drug-likeness (QED) is 0.736. The number of imidazole rings is 1. The van der Waals surface area contributed by atoms with Crippen molar-refractivity contribution in [3.05, 3.63) is 35.8 Å². The summed E-state index contributed by atoms with van der Waals surface area (Å²) in [5, 5.41) is 0. The second kappa shape index (κ2) is 2.36. The summed E-state index contributed by atoms with van der Waals surface area (Å²) in [5.41, 5.74) is 9.34. The molecule has 1 fully saturated rings. The molecule has 0 atom stereocenters. The Balaban J connectivity index is 2.19. The van der Waals surface area contributed by atoms with Gasteiger partial charge in [-0.3, -0.25) is 0 Å². The zero-order valence-corrected chi connectivity index (χ0v) is 8.20. The fraction of sp³-hybridized carbons (Fsp3) is 0.364. The average molecular weight is 187 g/mol. The first-order chi connectivity index (χ1) is 6.67. The molecular weight excluding hydrogens is 174 g/mol. The molecule has 14 heavy (non-hydrogen) atoms. The highest BCUT2D eigenvalue weighted by Crippen LogP contribution is 2.42. The number of hydrogen-bond donors (Lipinski definition) is 1. The van der Waals surface area contributed by atoms with Crippen molar-refractivity contribution in [1.29, 1.82) is 0 Å². The van der Waals surface area contributed by atoms with Gasteiger partial charge in [-0.1, -0.05) is 0 Å². The fourth-order valence-electron chi connectivity index (χ4n) is 1.84. The van der Waals surface area contributed by atoms with E-state index in [4.69, 9.17) is 5.73 Å². The van der Waals surface area contributed by atoms with E-state index >= 15 is 0 Å². The van der Waals surface area contributed by atoms with Crippen LogP contribution in [-0.4, -0.2) is 9.38 Å². The van der Waals surface area contributed by atoms with E-state index in [0.717, 1.165) is 24.2 Å². The van der Waals surface area contributed by atoms with E-state index in [1.54, 1.807) is 0 Å². The number of hydrogen-bond acceptors (Lipinski definition) is 2. The van der Waals surface area contributed by atoms with E-state index in [-0.39, 0.29) is 5.54 Å². The fourth-order valence-corrected chi connectivity index (χ4v) is 1.84. The predicted molar refractivity (Wildman–Crippen MR) is 55.0 cm³/mol. The van der Waals surface area contributed by atoms with Gasteiger partial charge in [0.15, 0.2) is 0 Å². The van der Waals surface area contributed by atoms with Crippen LogP contribution in [0, 0.1) is 6.92 Å². The molecule has 72 valence electrons. The van der Waals surface area contributed by atoms with Gasteiger partial charge in [0.1, 0.15) is 5.65 Å². The third-order valence-corrected chi connectivity index (χ3v) is 2.94. The van der Waals surface area contributed by atoms with Crippen LogP contribution >= 0.6 is 0 Å². The summed E-state index contributed by atoms with van der Waals surface area (Å²) in [6.45, 7) is 2.00. The van der Waals surface area contributed by atoms with Gasteiger partial charge in [-0.2, -0.15) is 0 Å². The Morgan fingerprint density at radius 2 is 2.29 bits per heavy atom. The maximum absolute atomic E-state index is 6.13. The van der Waals surface area contributed by atoms with Crippen molar-refractivity contribution in [2.75, 3.05) is 0 Å². The van der Waals surface area contributed by atoms with Crippen LogP contribution in [0.2, 0.25) is 0 Å². The zero-order chi connectivity index (χ0) is 9.76. The number of pyridine rings is 1. The maximum atomic E-state index is 6.13. The minimum Gasteiger partial charge on any atom is -0.321 e. The van der Waals surface area contributed by atoms with Gasteiger partial charge in [-0.25, -0.2) is 4.98 Å². The van der Waals surface area contributed by atoms with Crippen molar-refractivity contribution in [3.63, 3.8) is 0 Å². The molecule has 0 bridgehead atoms. The lowest BCUT2D eigenvalue weighted by Gasteiger charge is -2.08. The second-order valence-corrected chi connectivity index (χ2v) is 4.22. The molecule has 3 rings (SSSR count). The molecule has 0 saturated heterocycles. The van der Waals surface area contributed by atoms with Gasteiger partial charge in [0.2, 0.25) is 0 Å². The number of rotatable bonds is 1. The molecule has 0 aromatic carbocycles. The van der Waals surface area contributed by atoms with Gasteiger partial charge in [0.05, 0.1) is 5.69 Å². The van der Waals surface area contributed by atoms with Crippen LogP contribution in [0.5, 0.6) is 0 Å². The Labute approximate surface area is 82.6 Å². The summed E-state index contributed by atoms with van der Waals surface area (Å²) in [6, 6.07) is 4.20. The summed E-state index contributed by atoms with van der Waals surface area (Å²) in [7, 11) is 0. The molecule has 3 heteroatoms. The lowest BCUT2D eigenvalue weighted by molar-refractivity contribution is 0.738. The Morgan fingerprint density at radius 1 is 1.50 bits per heavy atom. The van der Waals surface area contributed by atoms with E-state index in [1.165, 1.54) is 5.56 Å². The highest BCUT2D eigenvalue weighted by Gasteiger charge is 2.40. The molecule has 0 spiro atoms. The van der Waals surface area contributed by atoms with Gasteiger partial charge in [0, 0.05) is 17.9 Å². The number of aromatic nitrogens is 2. The zero-order valence-electron chi connectivity index (χ0n) is 8.20. The number of nitrogens with two attached hydrogens (primary N) is 1. The summed E-state index contributed by atoms with van der Waals surface area (Å²) >= 11 is 0. The van der Waals surface area contributed by atoms with Crippen LogP contribution in [0.15, 0.2) is 24.5 Å². The number of nitrogens with zero attached hydrogens (tertiary/aromatic N) is 2. The summed E-state index contributed by atoms with van der Waals surface area (Å²) in [5.74, 6) is 0. The number of fused-ring (bicyclic) bond motifs is 1. The van der Waals surface area contributed by atoms with Gasteiger partial charge in [0.25, 0.3) is 0 Å². The first kappa shape index (κ1) is 8.00. The standard InChI is InChI=1S/C11H13N3/c1-8-7-14-5-2-9(6-10(14)13-8)11(12)3-4-11/h2,5-7H,3-4,12H2,1H3. The molecular formula is C11H13N3. The molecule has 2 aromatic rings. The minimum atomic E-state index is -0.0540. The molecule has 1 saturated carbocycles. The largest absolute Gasteiger partial charge is 0.321 e. The molecule has 2 aromatic heterocycles. The highest BCUT2D eigenvalue weighted by molar-refractivity contribution is 5.46. The van der Waals surface area contributed by atoms with Gasteiger partial charge in [-0.05, 0) is 37.5 Å². The molecule has 1 aliphatic rings. The molecule has 3 nitrogen and oxygen atoms in total. The summed E-state index contributed by atoms with van der Waals surface area (Å²) < 4.78 is 2.03. The Hall–Kier alpha value is -1.35. The Kier molecular flexibility index (Phi) is 1.35. The van der Waals surface area contributed by atoms with Gasteiger partial charge >= 0.3 is 0 Å². The highest BCUT2D eigenvalue weighted by atomic mass is 15.0. The predicted octanol–water partition coefficient (Wildman–Crippen LogP) is 1.59. The lowest BCUT2D eigenvalue weighted by Crippen LogP contribution is -2.18. The van der Waals surface area contributed by atoms with Crippen molar-refractivity contribution in [2.45, 2.75) is 25.3 Å². The van der Waals surface area contributed by atoms with Crippen molar-refractivity contribution in [2.24, 2.45) is 5.73 Å². The summed E-state index contributed by atoms with van der Waals surface area (Å²) in [4.78, 5) is 4.42. The van der Waals surface area contributed by atoms with E-state index in [1.807, 2.05) is 23.7 Å². The normalized spacial score (nSPS) is 18.7. The SMILES string of the molecule is Cc1cn2ccc(C3(N)CC3)cc2n1. The number of aryl methyl sites for hydroxylation is 1. The van der Waals surface area contributed by atoms with Crippen LogP contribution in [-0.2, 0) is 5.54 Å². The van der Waals surface area contributed by atoms with Gasteiger partial charge in [-0.15, -0.1) is 0 Å². The van der Waals surface area contributed by atoms with Crippen molar-refractivity contribution in [1.82, 2.24) is 9.38 Å². The van der Waals surface area contributed by atoms with E-state index in [9.17, 15) is 0 Å². The molecule has 0 radical (unpaired) electrons. The first-order valence-electron chi connectivity index (χ1n) is 4.92. The third kappa shape index (κ3) is 1.06. The van der Waals surface area contributed by atoms with Crippen LogP contribution in [0.1, 0.15) is 24.1 Å². The van der Waals surface area contributed by atoms with Crippen molar-refractivity contribution >= 4 is 5.65 Å². The first-order valence-corrected chi connectivity index (χ1v) is 4.92. The Bertz CT molecular complexity index is 494. The molecule has 2 heterocycles. The van der Waals surface area contributed by atoms with Gasteiger partial charge < -0.3 is 10.1 Å². The minimum absolute atomic E-state index is 0.0540. The maximum Gasteiger partial charge on any atom is 0.137 e. The van der Waals surface area contributed by atoms with Crippen LogP contribution < -0.4 is 5.73 Å². The van der Waals surface area contributed by atoms with Crippen LogP contribution in [0.25, 0.3) is 5.65 Å². The molecule has 2 N–H and O–H groups in total. The van der Waals surface area contributed by atoms with E-state index < -0.39 is 0 Å². The van der Waals surface area contributed by atoms with Crippen molar-refractivity contribution in [3.8, 4) is 0 Å². The summed E-state index contributed by atoms with van der Waals surface area (Å²) in [6.07, 6.45) is 6.26.